The minimum Gasteiger partial charge on any atom is -0.510 e. The number of carbonyl (C=O) groups is 3. The third-order valence-electron chi connectivity index (χ3n) is 28.1. The molecule has 5 atom stereocenters. The zero-order valence-corrected chi connectivity index (χ0v) is 93.2. The highest BCUT2D eigenvalue weighted by Crippen LogP contribution is 2.56. The third-order valence-corrected chi connectivity index (χ3v) is 28.9. The van der Waals surface area contributed by atoms with Gasteiger partial charge in [-0.05, 0) is 312 Å². The summed E-state index contributed by atoms with van der Waals surface area (Å²) < 4.78 is 45.5. The van der Waals surface area contributed by atoms with Crippen molar-refractivity contribution in [3.05, 3.63) is 270 Å². The second kappa shape index (κ2) is 42.0. The first-order valence-corrected chi connectivity index (χ1v) is 52.1. The van der Waals surface area contributed by atoms with E-state index < -0.39 is 58.8 Å². The molecule has 0 spiro atoms. The van der Waals surface area contributed by atoms with Crippen molar-refractivity contribution in [2.45, 2.75) is 239 Å². The third kappa shape index (κ3) is 21.3. The Bertz CT molecular complexity index is 7910. The fourth-order valence-electron chi connectivity index (χ4n) is 22.1. The minimum absolute atomic E-state index is 0.0353. The van der Waals surface area contributed by atoms with Gasteiger partial charge in [-0.25, -0.2) is 29.5 Å². The number of hydrogen-bond acceptors (Lipinski definition) is 21. The van der Waals surface area contributed by atoms with E-state index in [1.54, 1.807) is 33.4 Å². The van der Waals surface area contributed by atoms with Crippen molar-refractivity contribution in [2.75, 3.05) is 80.1 Å². The summed E-state index contributed by atoms with van der Waals surface area (Å²) in [6, 6.07) is 48.6. The predicted molar refractivity (Wildman–Crippen MR) is 603 cm³/mol. The number of ketones is 1. The maximum absolute atomic E-state index is 13.2. The Morgan fingerprint density at radius 2 is 0.813 bits per heavy atom. The van der Waals surface area contributed by atoms with E-state index in [0.717, 1.165) is 195 Å². The van der Waals surface area contributed by atoms with Crippen LogP contribution in [0.25, 0.3) is 99.0 Å². The molecule has 11 heterocycles. The number of rotatable bonds is 23. The van der Waals surface area contributed by atoms with Crippen molar-refractivity contribution in [1.82, 2.24) is 53.2 Å². The standard InChI is InChI=1S/C32H31ClN4O3.C31H43N3O2.C29H31ClN4O4.C28H31ClN4O3/c1-18-16-23-26(20-10-12-22(33)13-11-20)25(29(30(38)39)40-32(3,4)5)19(2)27-28(23)36(18)14-15-37(27)31-34-17-21-8-6-7-9-24(21)35-31;1-19-11-13-24(14-12-19)27-25-17-20(2)34-21(3)18-33(16-15-32(9)10)28(29(25)34)22(4)26(27)30(23(5)35)36-31(6,7)8;1-16-13-21-23(18-7-9-19(30)10-8-18)22(26(27(35)36)38-29(3,4)5)17(2)24-25(21)33(16)11-12-34(24)28-31-14-20(37-6)15-32-28;1-15-14-21-23(19-8-10-20(29)11-9-19)22(26(17(3)34)35-28(5,6)7)16(2)24-25(21)32(15)12-13-33(24)27-30-18(4)36-31-27/h6-13,16-17,29H,14-15H2,1-5H3,(H,38,39);11-14,17,21,30,35H,5,15-16,18H2,1-4,6-10H3;7-10,13-15,26H,11-12H2,1-6H3,(H,35,36);8-11,14,26H,12-13H2,1-7H3/t29-;21?,30-;2*26-/m0101/s1. The van der Waals surface area contributed by atoms with Crippen LogP contribution in [0.3, 0.4) is 0 Å². The highest BCUT2D eigenvalue weighted by Gasteiger charge is 2.44. The number of carbonyl (C=O) groups excluding carboxylic acids is 1. The molecule has 7 aromatic heterocycles. The van der Waals surface area contributed by atoms with Gasteiger partial charge in [0, 0.05) is 165 Å². The number of Topliss-reactive ketones (excluding diaryl/α,β-unsaturated/α-hetero) is 1. The fraction of sp³-hybridized carbons (Fsp3) is 0.375. The largest absolute Gasteiger partial charge is 0.510 e. The quantitative estimate of drug-likeness (QED) is 0.0502. The van der Waals surface area contributed by atoms with Crippen molar-refractivity contribution in [3.63, 3.8) is 0 Å². The van der Waals surface area contributed by atoms with Crippen LogP contribution in [-0.4, -0.2) is 169 Å². The molecule has 784 valence electrons. The molecular formula is C120H136Cl3N15O12. The van der Waals surface area contributed by atoms with Gasteiger partial charge in [0.2, 0.25) is 17.8 Å². The van der Waals surface area contributed by atoms with Crippen LogP contribution in [0, 0.1) is 69.2 Å². The summed E-state index contributed by atoms with van der Waals surface area (Å²) in [5, 5.41) is 43.2. The Hall–Kier alpha value is -13.5. The predicted octanol–water partition coefficient (Wildman–Crippen LogP) is 28.1. The number of carboxylic acids is 2. The van der Waals surface area contributed by atoms with Crippen LogP contribution in [-0.2, 0) is 53.0 Å². The van der Waals surface area contributed by atoms with Crippen molar-refractivity contribution in [2.24, 2.45) is 0 Å². The first-order valence-electron chi connectivity index (χ1n) is 51.0. The van der Waals surface area contributed by atoms with Gasteiger partial charge in [-0.2, -0.15) is 4.98 Å². The molecule has 20 rings (SSSR count). The van der Waals surface area contributed by atoms with E-state index in [1.165, 1.54) is 27.8 Å². The van der Waals surface area contributed by atoms with E-state index in [-0.39, 0.29) is 11.5 Å². The molecule has 0 bridgehead atoms. The van der Waals surface area contributed by atoms with Crippen molar-refractivity contribution in [3.8, 4) is 50.3 Å². The Balaban J connectivity index is 0.000000136. The zero-order chi connectivity index (χ0) is 108. The maximum Gasteiger partial charge on any atom is 0.337 e. The first kappa shape index (κ1) is 108. The average molecular weight is 2090 g/mol. The van der Waals surface area contributed by atoms with E-state index >= 15 is 0 Å². The van der Waals surface area contributed by atoms with Gasteiger partial charge in [0.15, 0.2) is 23.7 Å². The normalized spacial score (nSPS) is 14.9. The molecule has 1 unspecified atom stereocenters. The highest BCUT2D eigenvalue weighted by atomic mass is 35.5. The van der Waals surface area contributed by atoms with Crippen LogP contribution in [0.1, 0.15) is 206 Å². The molecule has 3 N–H and O–H groups in total. The first-order chi connectivity index (χ1) is 70.8. The molecule has 0 saturated heterocycles. The number of halogens is 3. The van der Waals surface area contributed by atoms with Gasteiger partial charge in [-0.3, -0.25) is 4.79 Å². The zero-order valence-electron chi connectivity index (χ0n) is 90.9. The number of fused-ring (bicyclic) bond motifs is 1. The van der Waals surface area contributed by atoms with Crippen LogP contribution >= 0.6 is 34.8 Å². The second-order valence-electron chi connectivity index (χ2n) is 44.0. The number of nitrogens with zero attached hydrogens (tertiary/aromatic N) is 15. The lowest BCUT2D eigenvalue weighted by Gasteiger charge is -2.39. The topological polar surface area (TPSA) is 284 Å². The molecule has 0 aliphatic carbocycles. The van der Waals surface area contributed by atoms with Gasteiger partial charge >= 0.3 is 11.9 Å². The molecule has 30 heteroatoms. The summed E-state index contributed by atoms with van der Waals surface area (Å²) in [4.78, 5) is 73.2. The highest BCUT2D eigenvalue weighted by molar-refractivity contribution is 6.31. The van der Waals surface area contributed by atoms with E-state index in [1.807, 2.05) is 200 Å². The molecule has 9 aromatic carbocycles. The lowest BCUT2D eigenvalue weighted by Crippen LogP contribution is -2.39. The number of hydrogen-bond donors (Lipinski definition) is 3. The molecular weight excluding hydrogens is 1950 g/mol. The SMILES string of the molecule is C=C(O)[C@@H](OC(C)(C)C)c1c(C)c2c3c(cc(C)n3C(C)CN2CCN(C)C)c1-c1ccc(C)cc1.CC(=O)[C@@H](OC(C)(C)C)c1c(C)c2c3c(cc(C)n3CCN2c2noc(C)n2)c1-c1ccc(Cl)cc1.COc1cnc(N2CCn3c(C)cc4c(-c5ccc(Cl)cc5)c([C@H](OC(C)(C)C)C(=O)O)c(C)c2c43)nc1.Cc1c([C@H](OC(C)(C)C)C(=O)O)c(-c2ccc(Cl)cc2)c2cc(C)n3c2c1N(c1ncc2ccccc2n1)CC3. The number of aliphatic hydroxyl groups is 1. The number of aliphatic carboxylic acids is 2. The second-order valence-corrected chi connectivity index (χ2v) is 45.3. The molecule has 0 fully saturated rings. The van der Waals surface area contributed by atoms with Gasteiger partial charge in [0.25, 0.3) is 5.95 Å². The molecule has 4 aliphatic heterocycles. The average Bonchev–Trinajstić information content (AvgIpc) is 1.56. The number of aliphatic hydroxyl groups excluding tert-OH is 1. The molecule has 0 amide bonds. The van der Waals surface area contributed by atoms with Gasteiger partial charge < -0.3 is 86.3 Å². The van der Waals surface area contributed by atoms with Crippen molar-refractivity contribution >= 4 is 148 Å². The number of benzene rings is 9. The van der Waals surface area contributed by atoms with Crippen LogP contribution in [0.2, 0.25) is 15.1 Å². The smallest absolute Gasteiger partial charge is 0.337 e. The summed E-state index contributed by atoms with van der Waals surface area (Å²) in [6.07, 6.45) is 1.33. The Labute approximate surface area is 892 Å². The molecule has 0 radical (unpaired) electrons. The molecule has 150 heavy (non-hydrogen) atoms. The molecule has 4 aliphatic rings. The Morgan fingerprint density at radius 1 is 0.453 bits per heavy atom. The summed E-state index contributed by atoms with van der Waals surface area (Å²) in [7, 11) is 5.82. The van der Waals surface area contributed by atoms with E-state index in [4.69, 9.17) is 73.0 Å². The van der Waals surface area contributed by atoms with Gasteiger partial charge in [0.1, 0.15) is 18.0 Å². The van der Waals surface area contributed by atoms with Crippen molar-refractivity contribution in [1.29, 1.82) is 0 Å². The summed E-state index contributed by atoms with van der Waals surface area (Å²) >= 11 is 18.7. The Kier molecular flexibility index (Phi) is 30.2. The molecule has 27 nitrogen and oxygen atoms in total. The number of aromatic nitrogens is 10. The number of para-hydroxylation sites is 1. The van der Waals surface area contributed by atoms with Gasteiger partial charge in [-0.1, -0.05) is 126 Å². The molecule has 16 aromatic rings. The van der Waals surface area contributed by atoms with Crippen LogP contribution in [0.5, 0.6) is 5.75 Å². The number of aryl methyl sites for hydroxylation is 6. The lowest BCUT2D eigenvalue weighted by atomic mass is 9.86. The monoisotopic (exact) mass is 2080 g/mol. The summed E-state index contributed by atoms with van der Waals surface area (Å²) in [5.41, 5.74) is 27.2. The van der Waals surface area contributed by atoms with E-state index in [9.17, 15) is 29.7 Å². The van der Waals surface area contributed by atoms with E-state index in [2.05, 4.69) is 187 Å². The minimum atomic E-state index is -1.20. The maximum atomic E-state index is 13.2. The van der Waals surface area contributed by atoms with Crippen LogP contribution in [0.15, 0.2) is 181 Å². The number of ether oxygens (including phenoxy) is 5. The number of anilines is 7. The van der Waals surface area contributed by atoms with Crippen LogP contribution in [0.4, 0.5) is 40.6 Å². The summed E-state index contributed by atoms with van der Waals surface area (Å²) in [5.74, 6) is 0.586. The lowest BCUT2D eigenvalue weighted by molar-refractivity contribution is -0.161. The number of likely N-dealkylation sites (N-methyl/N-ethyl adjacent to an activating group) is 1. The molecule has 0 saturated carbocycles. The Morgan fingerprint density at radius 3 is 1.20 bits per heavy atom. The van der Waals surface area contributed by atoms with Crippen molar-refractivity contribution < 1.29 is 57.9 Å². The van der Waals surface area contributed by atoms with Crippen LogP contribution < -0.4 is 24.3 Å². The van der Waals surface area contributed by atoms with Gasteiger partial charge in [0.05, 0.1) is 92.2 Å². The summed E-state index contributed by atoms with van der Waals surface area (Å²) in [6.45, 7) is 58.7. The number of methoxy groups -OCH3 is 1. The van der Waals surface area contributed by atoms with E-state index in [0.29, 0.717) is 81.4 Å². The van der Waals surface area contributed by atoms with Gasteiger partial charge in [-0.15, -0.1) is 0 Å². The number of carboxylic acid groups (broad SMARTS) is 2. The fourth-order valence-corrected chi connectivity index (χ4v) is 22.4.